The van der Waals surface area contributed by atoms with Gasteiger partial charge in [-0.3, -0.25) is 4.99 Å². The Morgan fingerprint density at radius 2 is 2.27 bits per heavy atom. The third-order valence-electron chi connectivity index (χ3n) is 2.58. The van der Waals surface area contributed by atoms with Gasteiger partial charge in [-0.15, -0.1) is 0 Å². The molecule has 2 rings (SSSR count). The highest BCUT2D eigenvalue weighted by Gasteiger charge is 2.40. The molecule has 0 aromatic rings. The normalized spacial score (nSPS) is 38.3. The van der Waals surface area contributed by atoms with Crippen LogP contribution in [-0.2, 0) is 0 Å². The van der Waals surface area contributed by atoms with E-state index in [2.05, 4.69) is 37.3 Å². The van der Waals surface area contributed by atoms with Gasteiger partial charge in [-0.1, -0.05) is 13.8 Å². The van der Waals surface area contributed by atoms with E-state index in [9.17, 15) is 0 Å². The summed E-state index contributed by atoms with van der Waals surface area (Å²) in [6.07, 6.45) is 4.14. The van der Waals surface area contributed by atoms with Crippen LogP contribution in [0.1, 0.15) is 20.8 Å². The monoisotopic (exact) mass is 150 g/mol. The fourth-order valence-electron chi connectivity index (χ4n) is 1.62. The first-order valence-corrected chi connectivity index (χ1v) is 4.11. The highest BCUT2D eigenvalue weighted by atomic mass is 15.0. The third-order valence-corrected chi connectivity index (χ3v) is 2.58. The molecule has 2 atom stereocenters. The average Bonchev–Trinajstić information content (AvgIpc) is 1.95. The number of nitrogens with zero attached hydrogens (tertiary/aromatic N) is 1. The summed E-state index contributed by atoms with van der Waals surface area (Å²) >= 11 is 0. The van der Waals surface area contributed by atoms with Gasteiger partial charge in [-0.2, -0.15) is 0 Å². The molecule has 2 nitrogen and oxygen atoms in total. The average molecular weight is 150 g/mol. The summed E-state index contributed by atoms with van der Waals surface area (Å²) < 4.78 is 0. The largest absolute Gasteiger partial charge is 0.384 e. The second kappa shape index (κ2) is 1.87. The molecule has 0 fully saturated rings. The van der Waals surface area contributed by atoms with Gasteiger partial charge in [0.05, 0.1) is 6.04 Å². The van der Waals surface area contributed by atoms with Crippen molar-refractivity contribution in [3.8, 4) is 0 Å². The van der Waals surface area contributed by atoms with Gasteiger partial charge >= 0.3 is 0 Å². The molecule has 0 spiro atoms. The Morgan fingerprint density at radius 1 is 1.55 bits per heavy atom. The Bertz CT molecular complexity index is 238. The minimum Gasteiger partial charge on any atom is -0.384 e. The predicted octanol–water partition coefficient (Wildman–Crippen LogP) is 1.34. The smallest absolute Gasteiger partial charge is 0.0842 e. The number of hydrogen-bond donors (Lipinski definition) is 1. The Balaban J connectivity index is 2.15. The standard InChI is InChI=1S/C9H14N2/c1-6-7(4-10-6)8-9(2,3)5-11-8/h4-6,8,10H,1-3H3/t6-,8+/m0/s1. The van der Waals surface area contributed by atoms with Crippen LogP contribution < -0.4 is 5.32 Å². The highest BCUT2D eigenvalue weighted by molar-refractivity contribution is 5.74. The summed E-state index contributed by atoms with van der Waals surface area (Å²) in [4.78, 5) is 4.36. The molecule has 0 bridgehead atoms. The van der Waals surface area contributed by atoms with E-state index >= 15 is 0 Å². The van der Waals surface area contributed by atoms with Crippen molar-refractivity contribution in [2.75, 3.05) is 0 Å². The molecule has 1 N–H and O–H groups in total. The second-order valence-electron chi connectivity index (χ2n) is 4.03. The molecular formula is C9H14N2. The van der Waals surface area contributed by atoms with Crippen molar-refractivity contribution in [1.29, 1.82) is 0 Å². The molecule has 0 unspecified atom stereocenters. The molecule has 2 aliphatic rings. The predicted molar refractivity (Wildman–Crippen MR) is 46.7 cm³/mol. The van der Waals surface area contributed by atoms with E-state index in [1.807, 2.05) is 6.21 Å². The molecule has 2 aliphatic heterocycles. The molecule has 0 amide bonds. The Labute approximate surface area is 67.4 Å². The van der Waals surface area contributed by atoms with Crippen LogP contribution in [0, 0.1) is 5.41 Å². The maximum atomic E-state index is 4.36. The van der Waals surface area contributed by atoms with Gasteiger partial charge in [-0.05, 0) is 12.5 Å². The van der Waals surface area contributed by atoms with Gasteiger partial charge in [0.15, 0.2) is 0 Å². The van der Waals surface area contributed by atoms with Crippen molar-refractivity contribution in [3.05, 3.63) is 11.8 Å². The molecule has 0 aromatic carbocycles. The number of nitrogens with one attached hydrogen (secondary N) is 1. The molecule has 0 aliphatic carbocycles. The molecule has 60 valence electrons. The summed E-state index contributed by atoms with van der Waals surface area (Å²) in [7, 11) is 0. The molecule has 0 aromatic heterocycles. The van der Waals surface area contributed by atoms with Crippen LogP contribution in [-0.4, -0.2) is 18.3 Å². The Kier molecular flexibility index (Phi) is 1.17. The van der Waals surface area contributed by atoms with E-state index in [-0.39, 0.29) is 0 Å². The minimum absolute atomic E-state index is 0.294. The van der Waals surface area contributed by atoms with Crippen LogP contribution in [0.15, 0.2) is 16.8 Å². The minimum atomic E-state index is 0.294. The van der Waals surface area contributed by atoms with Crippen molar-refractivity contribution in [1.82, 2.24) is 5.32 Å². The molecule has 2 heteroatoms. The number of rotatable bonds is 1. The molecule has 0 radical (unpaired) electrons. The topological polar surface area (TPSA) is 24.4 Å². The van der Waals surface area contributed by atoms with E-state index in [1.165, 1.54) is 5.57 Å². The molecular weight excluding hydrogens is 136 g/mol. The summed E-state index contributed by atoms with van der Waals surface area (Å²) in [5.74, 6) is 0. The van der Waals surface area contributed by atoms with Gasteiger partial charge in [0, 0.05) is 23.9 Å². The lowest BCUT2D eigenvalue weighted by Gasteiger charge is -2.42. The lowest BCUT2D eigenvalue weighted by atomic mass is 9.74. The summed E-state index contributed by atoms with van der Waals surface area (Å²) in [6, 6.07) is 0.982. The molecule has 0 saturated heterocycles. The van der Waals surface area contributed by atoms with E-state index < -0.39 is 0 Å². The van der Waals surface area contributed by atoms with Gasteiger partial charge in [0.1, 0.15) is 0 Å². The van der Waals surface area contributed by atoms with Crippen LogP contribution in [0.2, 0.25) is 0 Å². The summed E-state index contributed by atoms with van der Waals surface area (Å²) in [5, 5.41) is 3.21. The van der Waals surface area contributed by atoms with Crippen LogP contribution in [0.5, 0.6) is 0 Å². The van der Waals surface area contributed by atoms with Crippen molar-refractivity contribution in [2.24, 2.45) is 10.4 Å². The van der Waals surface area contributed by atoms with Gasteiger partial charge in [-0.25, -0.2) is 0 Å². The van der Waals surface area contributed by atoms with Crippen molar-refractivity contribution >= 4 is 6.21 Å². The first kappa shape index (κ1) is 6.89. The molecule has 0 saturated carbocycles. The van der Waals surface area contributed by atoms with E-state index in [1.54, 1.807) is 0 Å². The Morgan fingerprint density at radius 3 is 2.36 bits per heavy atom. The quantitative estimate of drug-likeness (QED) is 0.599. The first-order valence-electron chi connectivity index (χ1n) is 4.11. The van der Waals surface area contributed by atoms with E-state index in [4.69, 9.17) is 0 Å². The third kappa shape index (κ3) is 0.817. The highest BCUT2D eigenvalue weighted by Crippen LogP contribution is 2.37. The van der Waals surface area contributed by atoms with Crippen molar-refractivity contribution < 1.29 is 0 Å². The van der Waals surface area contributed by atoms with E-state index in [0.29, 0.717) is 17.5 Å². The second-order valence-corrected chi connectivity index (χ2v) is 4.03. The van der Waals surface area contributed by atoms with Gasteiger partial charge < -0.3 is 5.32 Å². The summed E-state index contributed by atoms with van der Waals surface area (Å²) in [5.41, 5.74) is 1.75. The lowest BCUT2D eigenvalue weighted by Crippen LogP contribution is -2.48. The van der Waals surface area contributed by atoms with Crippen LogP contribution in [0.25, 0.3) is 0 Å². The van der Waals surface area contributed by atoms with Crippen LogP contribution in [0.3, 0.4) is 0 Å². The fraction of sp³-hybridized carbons (Fsp3) is 0.667. The zero-order valence-electron chi connectivity index (χ0n) is 7.26. The van der Waals surface area contributed by atoms with Gasteiger partial charge in [0.2, 0.25) is 0 Å². The fourth-order valence-corrected chi connectivity index (χ4v) is 1.62. The first-order chi connectivity index (χ1) is 5.11. The maximum Gasteiger partial charge on any atom is 0.0842 e. The number of hydrogen-bond acceptors (Lipinski definition) is 2. The zero-order chi connectivity index (χ0) is 8.06. The lowest BCUT2D eigenvalue weighted by molar-refractivity contribution is 0.375. The SMILES string of the molecule is C[C@@H]1NC=C1[C@H]1N=CC1(C)C. The Hall–Kier alpha value is -0.790. The van der Waals surface area contributed by atoms with Gasteiger partial charge in [0.25, 0.3) is 0 Å². The molecule has 11 heavy (non-hydrogen) atoms. The zero-order valence-corrected chi connectivity index (χ0v) is 7.26. The van der Waals surface area contributed by atoms with E-state index in [0.717, 1.165) is 0 Å². The summed E-state index contributed by atoms with van der Waals surface area (Å²) in [6.45, 7) is 6.65. The maximum absolute atomic E-state index is 4.36. The van der Waals surface area contributed by atoms with Crippen LogP contribution >= 0.6 is 0 Å². The van der Waals surface area contributed by atoms with Crippen molar-refractivity contribution in [3.63, 3.8) is 0 Å². The molecule has 2 heterocycles. The number of aliphatic imine (C=N–C) groups is 1. The van der Waals surface area contributed by atoms with Crippen LogP contribution in [0.4, 0.5) is 0 Å². The van der Waals surface area contributed by atoms with Crippen molar-refractivity contribution in [2.45, 2.75) is 32.9 Å².